The molecular weight excluding hydrogens is 128 g/mol. The monoisotopic (exact) mass is 138 g/mol. The summed E-state index contributed by atoms with van der Waals surface area (Å²) < 4.78 is 1.83. The van der Waals surface area contributed by atoms with Gasteiger partial charge in [0.15, 0.2) is 12.1 Å². The maximum Gasteiger partial charge on any atom is 0.185 e. The molecule has 0 bridgehead atoms. The molecule has 0 unspecified atom stereocenters. The van der Waals surface area contributed by atoms with Crippen LogP contribution in [0.15, 0.2) is 12.4 Å². The molecule has 1 heterocycles. The summed E-state index contributed by atoms with van der Waals surface area (Å²) in [5, 5.41) is 0. The van der Waals surface area contributed by atoms with Crippen LogP contribution in [0.2, 0.25) is 0 Å². The molecule has 0 saturated heterocycles. The third-order valence-corrected chi connectivity index (χ3v) is 1.36. The quantitative estimate of drug-likeness (QED) is 0.577. The number of imidazole rings is 1. The van der Waals surface area contributed by atoms with E-state index in [0.29, 0.717) is 11.9 Å². The van der Waals surface area contributed by atoms with Crippen molar-refractivity contribution >= 4 is 6.29 Å². The summed E-state index contributed by atoms with van der Waals surface area (Å²) in [6.07, 6.45) is 4.19. The molecule has 1 rings (SSSR count). The highest BCUT2D eigenvalue weighted by molar-refractivity contribution is 5.69. The maximum absolute atomic E-state index is 10.3. The normalized spacial score (nSPS) is 10.3. The molecule has 0 aliphatic heterocycles. The molecule has 0 spiro atoms. The standard InChI is InChI=1S/C7H10N2O/c1-6(2)9-4-3-8-7(9)5-10/h3-6H,1-2H3. The van der Waals surface area contributed by atoms with Crippen LogP contribution in [0.4, 0.5) is 0 Å². The maximum atomic E-state index is 10.3. The van der Waals surface area contributed by atoms with Crippen LogP contribution >= 0.6 is 0 Å². The molecule has 0 fully saturated rings. The average molecular weight is 138 g/mol. The summed E-state index contributed by atoms with van der Waals surface area (Å²) in [5.74, 6) is 0.495. The van der Waals surface area contributed by atoms with Gasteiger partial charge in [-0.1, -0.05) is 0 Å². The van der Waals surface area contributed by atoms with Gasteiger partial charge in [-0.2, -0.15) is 0 Å². The minimum atomic E-state index is 0.308. The lowest BCUT2D eigenvalue weighted by Gasteiger charge is -2.06. The second-order valence-electron chi connectivity index (χ2n) is 2.40. The highest BCUT2D eigenvalue weighted by Gasteiger charge is 2.02. The number of nitrogens with zero attached hydrogens (tertiary/aromatic N) is 2. The molecule has 0 aliphatic rings. The summed E-state index contributed by atoms with van der Waals surface area (Å²) in [7, 11) is 0. The fourth-order valence-electron chi connectivity index (χ4n) is 0.853. The summed E-state index contributed by atoms with van der Waals surface area (Å²) >= 11 is 0. The number of hydrogen-bond acceptors (Lipinski definition) is 2. The number of rotatable bonds is 2. The number of aromatic nitrogens is 2. The summed E-state index contributed by atoms with van der Waals surface area (Å²) in [4.78, 5) is 14.2. The van der Waals surface area contributed by atoms with Crippen molar-refractivity contribution in [2.45, 2.75) is 19.9 Å². The SMILES string of the molecule is CC(C)n1ccnc1C=O. The lowest BCUT2D eigenvalue weighted by atomic mass is 10.4. The Morgan fingerprint density at radius 2 is 2.40 bits per heavy atom. The van der Waals surface area contributed by atoms with Gasteiger partial charge in [0.2, 0.25) is 0 Å². The molecule has 0 radical (unpaired) electrons. The van der Waals surface area contributed by atoms with Gasteiger partial charge in [-0.05, 0) is 13.8 Å². The van der Waals surface area contributed by atoms with E-state index in [1.165, 1.54) is 0 Å². The van der Waals surface area contributed by atoms with E-state index in [0.717, 1.165) is 6.29 Å². The molecule has 0 aromatic carbocycles. The number of hydrogen-bond donors (Lipinski definition) is 0. The zero-order valence-corrected chi connectivity index (χ0v) is 6.11. The van der Waals surface area contributed by atoms with Gasteiger partial charge < -0.3 is 4.57 Å². The van der Waals surface area contributed by atoms with E-state index in [9.17, 15) is 4.79 Å². The minimum Gasteiger partial charge on any atom is -0.326 e. The predicted octanol–water partition coefficient (Wildman–Crippen LogP) is 1.28. The molecule has 0 atom stereocenters. The van der Waals surface area contributed by atoms with Gasteiger partial charge in [0.25, 0.3) is 0 Å². The zero-order chi connectivity index (χ0) is 7.56. The minimum absolute atomic E-state index is 0.308. The van der Waals surface area contributed by atoms with Crippen LogP contribution in [0, 0.1) is 0 Å². The van der Waals surface area contributed by atoms with Gasteiger partial charge in [0.05, 0.1) is 0 Å². The first kappa shape index (κ1) is 6.99. The fourth-order valence-corrected chi connectivity index (χ4v) is 0.853. The van der Waals surface area contributed by atoms with Crippen LogP contribution in [0.3, 0.4) is 0 Å². The van der Waals surface area contributed by atoms with Crippen molar-refractivity contribution in [3.63, 3.8) is 0 Å². The Kier molecular flexibility index (Phi) is 1.85. The van der Waals surface area contributed by atoms with Crippen molar-refractivity contribution in [1.29, 1.82) is 0 Å². The van der Waals surface area contributed by atoms with E-state index in [1.807, 2.05) is 18.4 Å². The molecular formula is C7H10N2O. The molecule has 3 nitrogen and oxygen atoms in total. The molecule has 0 amide bonds. The van der Waals surface area contributed by atoms with Crippen LogP contribution < -0.4 is 0 Å². The third kappa shape index (κ3) is 1.07. The van der Waals surface area contributed by atoms with Crippen molar-refractivity contribution < 1.29 is 4.79 Å². The van der Waals surface area contributed by atoms with Crippen molar-refractivity contribution in [3.8, 4) is 0 Å². The second kappa shape index (κ2) is 2.64. The number of aldehydes is 1. The van der Waals surface area contributed by atoms with Crippen molar-refractivity contribution in [2.75, 3.05) is 0 Å². The topological polar surface area (TPSA) is 34.9 Å². The Balaban J connectivity index is 3.01. The molecule has 1 aromatic rings. The van der Waals surface area contributed by atoms with E-state index in [2.05, 4.69) is 4.98 Å². The molecule has 3 heteroatoms. The Morgan fingerprint density at radius 1 is 1.70 bits per heavy atom. The van der Waals surface area contributed by atoms with Crippen molar-refractivity contribution in [2.24, 2.45) is 0 Å². The fraction of sp³-hybridized carbons (Fsp3) is 0.429. The summed E-state index contributed by atoms with van der Waals surface area (Å²) in [6.45, 7) is 4.02. The molecule has 54 valence electrons. The van der Waals surface area contributed by atoms with Crippen LogP contribution in [0.1, 0.15) is 30.5 Å². The predicted molar refractivity (Wildman–Crippen MR) is 38.0 cm³/mol. The number of carbonyl (C=O) groups excluding carboxylic acids is 1. The third-order valence-electron chi connectivity index (χ3n) is 1.36. The lowest BCUT2D eigenvalue weighted by Crippen LogP contribution is -2.03. The van der Waals surface area contributed by atoms with Crippen LogP contribution in [0.5, 0.6) is 0 Å². The molecule has 0 N–H and O–H groups in total. The van der Waals surface area contributed by atoms with E-state index >= 15 is 0 Å². The molecule has 1 aromatic heterocycles. The van der Waals surface area contributed by atoms with Gasteiger partial charge in [-0.25, -0.2) is 4.98 Å². The summed E-state index contributed by atoms with van der Waals surface area (Å²) in [5.41, 5.74) is 0. The zero-order valence-electron chi connectivity index (χ0n) is 6.11. The second-order valence-corrected chi connectivity index (χ2v) is 2.40. The van der Waals surface area contributed by atoms with Crippen LogP contribution in [0.25, 0.3) is 0 Å². The Morgan fingerprint density at radius 3 is 2.80 bits per heavy atom. The van der Waals surface area contributed by atoms with Gasteiger partial charge in [-0.3, -0.25) is 4.79 Å². The molecule has 10 heavy (non-hydrogen) atoms. The highest BCUT2D eigenvalue weighted by Crippen LogP contribution is 2.04. The largest absolute Gasteiger partial charge is 0.326 e. The van der Waals surface area contributed by atoms with E-state index in [4.69, 9.17) is 0 Å². The molecule has 0 aliphatic carbocycles. The smallest absolute Gasteiger partial charge is 0.185 e. The first-order valence-corrected chi connectivity index (χ1v) is 3.23. The summed E-state index contributed by atoms with van der Waals surface area (Å²) in [6, 6.07) is 0.308. The van der Waals surface area contributed by atoms with Gasteiger partial charge >= 0.3 is 0 Å². The van der Waals surface area contributed by atoms with Crippen molar-refractivity contribution in [1.82, 2.24) is 9.55 Å². The number of carbonyl (C=O) groups is 1. The van der Waals surface area contributed by atoms with E-state index < -0.39 is 0 Å². The van der Waals surface area contributed by atoms with Crippen molar-refractivity contribution in [3.05, 3.63) is 18.2 Å². The first-order valence-electron chi connectivity index (χ1n) is 3.23. The average Bonchev–Trinajstić information content (AvgIpc) is 2.33. The van der Waals surface area contributed by atoms with Gasteiger partial charge in [0.1, 0.15) is 0 Å². The van der Waals surface area contributed by atoms with Gasteiger partial charge in [0, 0.05) is 18.4 Å². The van der Waals surface area contributed by atoms with Crippen LogP contribution in [-0.2, 0) is 0 Å². The van der Waals surface area contributed by atoms with E-state index in [-0.39, 0.29) is 0 Å². The Hall–Kier alpha value is -1.12. The first-order chi connectivity index (χ1) is 4.75. The lowest BCUT2D eigenvalue weighted by molar-refractivity contribution is 0.111. The Bertz CT molecular complexity index is 227. The molecule has 0 saturated carbocycles. The van der Waals surface area contributed by atoms with E-state index in [1.54, 1.807) is 12.4 Å². The Labute approximate surface area is 59.7 Å². The highest BCUT2D eigenvalue weighted by atomic mass is 16.1. The van der Waals surface area contributed by atoms with Crippen LogP contribution in [-0.4, -0.2) is 15.8 Å². The van der Waals surface area contributed by atoms with Gasteiger partial charge in [-0.15, -0.1) is 0 Å².